The Morgan fingerprint density at radius 1 is 1.00 bits per heavy atom. The number of nitrogens with zero attached hydrogens (tertiary/aromatic N) is 4. The molecule has 0 N–H and O–H groups in total. The highest BCUT2D eigenvalue weighted by Gasteiger charge is 2.12. The third kappa shape index (κ3) is 8.55. The third-order valence-corrected chi connectivity index (χ3v) is 5.14. The zero-order valence-corrected chi connectivity index (χ0v) is 21.0. The Bertz CT molecular complexity index is 1370. The van der Waals surface area contributed by atoms with Gasteiger partial charge in [-0.2, -0.15) is 9.47 Å². The summed E-state index contributed by atoms with van der Waals surface area (Å²) in [6, 6.07) is 21.4. The number of benzene rings is 3. The molecule has 13 heteroatoms. The van der Waals surface area contributed by atoms with E-state index in [4.69, 9.17) is 33.3 Å². The average Bonchev–Trinajstić information content (AvgIpc) is 2.92. The Balaban J connectivity index is 1.59. The summed E-state index contributed by atoms with van der Waals surface area (Å²) < 4.78 is 36.7. The molecule has 0 heterocycles. The van der Waals surface area contributed by atoms with Gasteiger partial charge in [0.05, 0.1) is 12.3 Å². The molecule has 0 aliphatic rings. The number of rotatable bonds is 12. The average molecular weight is 539 g/mol. The van der Waals surface area contributed by atoms with Crippen LogP contribution in [0.25, 0.3) is 4.85 Å². The van der Waals surface area contributed by atoms with Gasteiger partial charge < -0.3 is 18.7 Å². The molecule has 1 atom stereocenters. The molecule has 0 fully saturated rings. The second-order valence-electron chi connectivity index (χ2n) is 6.80. The Hall–Kier alpha value is -4.56. The van der Waals surface area contributed by atoms with Gasteiger partial charge in [-0.05, 0) is 43.3 Å². The summed E-state index contributed by atoms with van der Waals surface area (Å²) in [7, 11) is 1.51. The summed E-state index contributed by atoms with van der Waals surface area (Å²) in [6.45, 7) is 9.31. The fraction of sp³-hybridized carbons (Fsp3) is 0.0833. The molecule has 37 heavy (non-hydrogen) atoms. The predicted molar refractivity (Wildman–Crippen MR) is 136 cm³/mol. The lowest BCUT2D eigenvalue weighted by Gasteiger charge is -2.04. The van der Waals surface area contributed by atoms with E-state index in [1.807, 2.05) is 25.1 Å². The highest BCUT2D eigenvalue weighted by atomic mass is 32.2. The number of hydrogen-bond donors (Lipinski definition) is 0. The largest absolute Gasteiger partial charge is 0.497 e. The first-order valence-corrected chi connectivity index (χ1v) is 11.9. The van der Waals surface area contributed by atoms with Crippen LogP contribution in [0.1, 0.15) is 16.7 Å². The van der Waals surface area contributed by atoms with Crippen LogP contribution in [0.3, 0.4) is 0 Å². The molecule has 11 nitrogen and oxygen atoms in total. The van der Waals surface area contributed by atoms with Crippen LogP contribution in [0, 0.1) is 24.8 Å². The van der Waals surface area contributed by atoms with Gasteiger partial charge in [-0.3, -0.25) is 4.28 Å². The lowest BCUT2D eigenvalue weighted by molar-refractivity contribution is -0.0867. The van der Waals surface area contributed by atoms with Gasteiger partial charge in [0.25, 0.3) is 0 Å². The number of oxime groups is 2. The van der Waals surface area contributed by atoms with Crippen molar-refractivity contribution in [3.8, 4) is 23.3 Å². The molecule has 0 amide bonds. The normalized spacial score (nSPS) is 12.0. The van der Waals surface area contributed by atoms with E-state index in [1.165, 1.54) is 25.3 Å². The van der Waals surface area contributed by atoms with Crippen LogP contribution in [0.4, 0.5) is 0 Å². The van der Waals surface area contributed by atoms with E-state index in [0.29, 0.717) is 29.4 Å². The molecule has 3 aromatic rings. The van der Waals surface area contributed by atoms with Gasteiger partial charge >= 0.3 is 29.5 Å². The van der Waals surface area contributed by atoms with E-state index >= 15 is 0 Å². The second-order valence-corrected chi connectivity index (χ2v) is 7.95. The first-order chi connectivity index (χ1) is 18.0. The maximum Gasteiger partial charge on any atom is 0.439 e. The van der Waals surface area contributed by atoms with Gasteiger partial charge in [0.1, 0.15) is 17.6 Å². The van der Waals surface area contributed by atoms with Crippen LogP contribution < -0.4 is 13.8 Å². The van der Waals surface area contributed by atoms with Crippen LogP contribution in [-0.4, -0.2) is 22.9 Å². The zero-order chi connectivity index (χ0) is 26.5. The van der Waals surface area contributed by atoms with Gasteiger partial charge in [0, 0.05) is 11.1 Å². The fourth-order valence-corrected chi connectivity index (χ4v) is 3.25. The number of nitriles is 1. The van der Waals surface area contributed by atoms with Crippen molar-refractivity contribution >= 4 is 35.2 Å². The summed E-state index contributed by atoms with van der Waals surface area (Å²) in [6.07, 6.45) is 0. The molecule has 0 saturated carbocycles. The molecule has 0 aromatic heterocycles. The van der Waals surface area contributed by atoms with Crippen LogP contribution in [0.15, 0.2) is 83.1 Å². The molecule has 188 valence electrons. The van der Waals surface area contributed by atoms with E-state index in [9.17, 15) is 9.47 Å². The lowest BCUT2D eigenvalue weighted by atomic mass is 10.1. The standard InChI is InChI=1S/C24H18N4O7S2/c1-17-7-9-21(10-8-17)31-35-36-33-28-24(26-2)19-6-4-5-18(15-19)23(16-25)27-34-37(29)32-22-13-11-20(30-3)12-14-22/h4-15H,1,3H3/b27-23+,28-24-. The quantitative estimate of drug-likeness (QED) is 0.0590. The molecule has 3 rings (SSSR count). The van der Waals surface area contributed by atoms with Crippen LogP contribution in [-0.2, 0) is 24.3 Å². The maximum absolute atomic E-state index is 12.0. The van der Waals surface area contributed by atoms with E-state index < -0.39 is 11.4 Å². The van der Waals surface area contributed by atoms with Crippen molar-refractivity contribution in [3.05, 3.63) is 101 Å². The number of ether oxygens (including phenoxy) is 1. The molecule has 3 aromatic carbocycles. The van der Waals surface area contributed by atoms with Crippen molar-refractivity contribution < 1.29 is 30.9 Å². The Kier molecular flexibility index (Phi) is 10.3. The Labute approximate surface area is 219 Å². The zero-order valence-electron chi connectivity index (χ0n) is 19.4. The number of amidine groups is 1. The SMILES string of the molecule is [C-]#[N+]/C(=N\OSOOc1ccc(C)cc1)c1cccc(/C(C#N)=N/OS(=O)Oc2ccc(OC)cc2)c1. The summed E-state index contributed by atoms with van der Waals surface area (Å²) >= 11 is -1.90. The topological polar surface area (TPSA) is 125 Å². The highest BCUT2D eigenvalue weighted by Crippen LogP contribution is 2.19. The Morgan fingerprint density at radius 2 is 1.68 bits per heavy atom. The molecule has 0 aliphatic carbocycles. The molecular weight excluding hydrogens is 520 g/mol. The van der Waals surface area contributed by atoms with E-state index in [-0.39, 0.29) is 22.9 Å². The molecule has 0 bridgehead atoms. The van der Waals surface area contributed by atoms with Crippen LogP contribution >= 0.6 is 12.3 Å². The summed E-state index contributed by atoms with van der Waals surface area (Å²) in [5.41, 5.74) is 1.47. The van der Waals surface area contributed by atoms with Crippen molar-refractivity contribution in [1.29, 1.82) is 5.26 Å². The highest BCUT2D eigenvalue weighted by molar-refractivity contribution is 7.89. The first kappa shape index (κ1) is 27.0. The molecule has 0 radical (unpaired) electrons. The smallest absolute Gasteiger partial charge is 0.439 e. The lowest BCUT2D eigenvalue weighted by Crippen LogP contribution is -2.06. The van der Waals surface area contributed by atoms with E-state index in [2.05, 4.69) is 15.2 Å². The number of hydrogen-bond acceptors (Lipinski definition) is 11. The van der Waals surface area contributed by atoms with Crippen molar-refractivity contribution in [3.63, 3.8) is 0 Å². The molecular formula is C24H18N4O7S2. The van der Waals surface area contributed by atoms with Gasteiger partial charge in [0.15, 0.2) is 11.5 Å². The third-order valence-electron chi connectivity index (χ3n) is 4.35. The van der Waals surface area contributed by atoms with Gasteiger partial charge in [-0.25, -0.2) is 4.28 Å². The van der Waals surface area contributed by atoms with Crippen LogP contribution in [0.5, 0.6) is 17.2 Å². The monoisotopic (exact) mass is 538 g/mol. The molecule has 1 unspecified atom stereocenters. The van der Waals surface area contributed by atoms with Crippen molar-refractivity contribution in [2.24, 2.45) is 10.3 Å². The minimum absolute atomic E-state index is 0.127. The maximum atomic E-state index is 12.0. The van der Waals surface area contributed by atoms with Crippen molar-refractivity contribution in [2.45, 2.75) is 6.92 Å². The van der Waals surface area contributed by atoms with Gasteiger partial charge in [-0.1, -0.05) is 58.0 Å². The van der Waals surface area contributed by atoms with E-state index in [1.54, 1.807) is 42.5 Å². The minimum Gasteiger partial charge on any atom is -0.497 e. The second kappa shape index (κ2) is 14.1. The number of aryl methyl sites for hydroxylation is 1. The molecule has 0 spiro atoms. The minimum atomic E-state index is -2.31. The van der Waals surface area contributed by atoms with Gasteiger partial charge in [0.2, 0.25) is 0 Å². The van der Waals surface area contributed by atoms with E-state index in [0.717, 1.165) is 5.56 Å². The molecule has 0 aliphatic heterocycles. The fourth-order valence-electron chi connectivity index (χ4n) is 2.58. The number of methoxy groups -OCH3 is 1. The van der Waals surface area contributed by atoms with Crippen molar-refractivity contribution in [1.82, 2.24) is 0 Å². The summed E-state index contributed by atoms with van der Waals surface area (Å²) in [4.78, 5) is 8.34. The van der Waals surface area contributed by atoms with Crippen molar-refractivity contribution in [2.75, 3.05) is 7.11 Å². The first-order valence-electron chi connectivity index (χ1n) is 10.2. The molecule has 0 saturated heterocycles. The predicted octanol–water partition coefficient (Wildman–Crippen LogP) is 5.08. The van der Waals surface area contributed by atoms with Crippen LogP contribution in [0.2, 0.25) is 0 Å². The Morgan fingerprint density at radius 3 is 2.35 bits per heavy atom. The van der Waals surface area contributed by atoms with Gasteiger partial charge in [-0.15, -0.1) is 0 Å². The summed E-state index contributed by atoms with van der Waals surface area (Å²) in [5, 5.41) is 16.8. The summed E-state index contributed by atoms with van der Waals surface area (Å²) in [5.74, 6) is 1.18.